The molecular weight excluding hydrogens is 228 g/mol. The highest BCUT2D eigenvalue weighted by Crippen LogP contribution is 2.29. The quantitative estimate of drug-likeness (QED) is 0.439. The summed E-state index contributed by atoms with van der Waals surface area (Å²) in [6, 6.07) is 3.48. The van der Waals surface area contributed by atoms with Gasteiger partial charge in [0, 0.05) is 0 Å². The molecule has 1 rings (SSSR count). The second-order valence-electron chi connectivity index (χ2n) is 3.39. The van der Waals surface area contributed by atoms with Crippen LogP contribution >= 0.6 is 0 Å². The summed E-state index contributed by atoms with van der Waals surface area (Å²) < 4.78 is 4.54. The van der Waals surface area contributed by atoms with Crippen LogP contribution in [0.1, 0.15) is 18.6 Å². The number of hydrogen-bond acceptors (Lipinski definition) is 6. The number of aliphatic hydroxyl groups is 2. The van der Waals surface area contributed by atoms with E-state index in [0.29, 0.717) is 0 Å². The van der Waals surface area contributed by atoms with Gasteiger partial charge in [0.1, 0.15) is 6.10 Å². The van der Waals surface area contributed by atoms with E-state index in [9.17, 15) is 20.1 Å². The summed E-state index contributed by atoms with van der Waals surface area (Å²) in [5.41, 5.74) is 0.0980. The van der Waals surface area contributed by atoms with Gasteiger partial charge < -0.3 is 25.2 Å². The second-order valence-corrected chi connectivity index (χ2v) is 3.39. The predicted octanol–water partition coefficient (Wildman–Crippen LogP) is 0.0552. The third-order valence-corrected chi connectivity index (χ3v) is 2.17. The Morgan fingerprint density at radius 2 is 1.94 bits per heavy atom. The third-order valence-electron chi connectivity index (χ3n) is 2.17. The van der Waals surface area contributed by atoms with Gasteiger partial charge in [-0.2, -0.15) is 0 Å². The number of phenolic OH excluding ortho intramolecular Hbond substituents is 2. The Labute approximate surface area is 97.7 Å². The molecule has 1 aromatic carbocycles. The number of carbonyl (C=O) groups is 1. The lowest BCUT2D eigenvalue weighted by atomic mass is 10.0. The molecule has 94 valence electrons. The van der Waals surface area contributed by atoms with Crippen LogP contribution in [0.4, 0.5) is 0 Å². The van der Waals surface area contributed by atoms with Crippen LogP contribution in [-0.2, 0) is 9.53 Å². The summed E-state index contributed by atoms with van der Waals surface area (Å²) in [5.74, 6) is -1.75. The van der Waals surface area contributed by atoms with Gasteiger partial charge in [-0.1, -0.05) is 6.07 Å². The minimum Gasteiger partial charge on any atom is -0.504 e. The van der Waals surface area contributed by atoms with E-state index in [1.165, 1.54) is 6.07 Å². The van der Waals surface area contributed by atoms with Crippen molar-refractivity contribution in [2.45, 2.75) is 19.1 Å². The second kappa shape index (κ2) is 5.51. The Hall–Kier alpha value is -1.79. The third kappa shape index (κ3) is 3.08. The molecule has 0 aliphatic rings. The molecule has 0 spiro atoms. The predicted molar refractivity (Wildman–Crippen MR) is 57.4 cm³/mol. The molecule has 0 aromatic heterocycles. The highest BCUT2D eigenvalue weighted by molar-refractivity contribution is 5.75. The molecule has 2 atom stereocenters. The normalized spacial score (nSPS) is 14.1. The maximum atomic E-state index is 11.2. The molecular formula is C11H14O6. The van der Waals surface area contributed by atoms with Crippen LogP contribution in [0.25, 0.3) is 0 Å². The zero-order valence-electron chi connectivity index (χ0n) is 9.20. The minimum atomic E-state index is -1.74. The molecule has 1 aromatic rings. The lowest BCUT2D eigenvalue weighted by molar-refractivity contribution is -0.159. The molecule has 6 nitrogen and oxygen atoms in total. The maximum absolute atomic E-state index is 11.2. The van der Waals surface area contributed by atoms with E-state index in [-0.39, 0.29) is 17.9 Å². The van der Waals surface area contributed by atoms with E-state index in [4.69, 9.17) is 5.11 Å². The van der Waals surface area contributed by atoms with E-state index < -0.39 is 23.9 Å². The zero-order valence-corrected chi connectivity index (χ0v) is 9.20. The van der Waals surface area contributed by atoms with E-state index in [1.807, 2.05) is 0 Å². The molecule has 0 aliphatic carbocycles. The fraction of sp³-hybridized carbons (Fsp3) is 0.364. The van der Waals surface area contributed by atoms with Gasteiger partial charge in [0.15, 0.2) is 17.6 Å². The molecule has 2 unspecified atom stereocenters. The summed E-state index contributed by atoms with van der Waals surface area (Å²) in [4.78, 5) is 11.2. The number of hydrogen-bond donors (Lipinski definition) is 4. The molecule has 0 amide bonds. The highest BCUT2D eigenvalue weighted by atomic mass is 16.5. The van der Waals surface area contributed by atoms with Crippen molar-refractivity contribution in [1.29, 1.82) is 0 Å². The first-order valence-electron chi connectivity index (χ1n) is 5.02. The van der Waals surface area contributed by atoms with Gasteiger partial charge in [-0.15, -0.1) is 0 Å². The SMILES string of the molecule is CCOC(=O)C(O)C(O)c1ccc(O)c(O)c1. The molecule has 0 radical (unpaired) electrons. The van der Waals surface area contributed by atoms with Crippen molar-refractivity contribution in [2.24, 2.45) is 0 Å². The molecule has 17 heavy (non-hydrogen) atoms. The number of benzene rings is 1. The van der Waals surface area contributed by atoms with Gasteiger partial charge in [0.25, 0.3) is 0 Å². The standard InChI is InChI=1S/C11H14O6/c1-2-17-11(16)10(15)9(14)6-3-4-7(12)8(13)5-6/h3-5,9-10,12-15H,2H2,1H3. The molecule has 0 aliphatic heterocycles. The van der Waals surface area contributed by atoms with Crippen molar-refractivity contribution in [3.8, 4) is 11.5 Å². The number of ether oxygens (including phenoxy) is 1. The number of rotatable bonds is 4. The highest BCUT2D eigenvalue weighted by Gasteiger charge is 2.27. The Morgan fingerprint density at radius 1 is 1.29 bits per heavy atom. The molecule has 0 bridgehead atoms. The number of phenols is 2. The van der Waals surface area contributed by atoms with Crippen molar-refractivity contribution in [2.75, 3.05) is 6.61 Å². The summed E-state index contributed by atoms with van der Waals surface area (Å²) in [6.45, 7) is 1.66. The van der Waals surface area contributed by atoms with Crippen molar-refractivity contribution in [3.05, 3.63) is 23.8 Å². The Kier molecular flexibility index (Phi) is 4.30. The van der Waals surface area contributed by atoms with Gasteiger partial charge in [0.05, 0.1) is 6.61 Å². The summed E-state index contributed by atoms with van der Waals surface area (Å²) >= 11 is 0. The van der Waals surface area contributed by atoms with Crippen LogP contribution in [-0.4, -0.2) is 39.1 Å². The molecule has 0 saturated carbocycles. The van der Waals surface area contributed by atoms with Crippen molar-refractivity contribution in [1.82, 2.24) is 0 Å². The summed E-state index contributed by atoms with van der Waals surface area (Å²) in [6.07, 6.45) is -3.26. The van der Waals surface area contributed by atoms with Crippen molar-refractivity contribution >= 4 is 5.97 Å². The molecule has 6 heteroatoms. The van der Waals surface area contributed by atoms with Gasteiger partial charge >= 0.3 is 5.97 Å². The van der Waals surface area contributed by atoms with Gasteiger partial charge in [-0.25, -0.2) is 4.79 Å². The lowest BCUT2D eigenvalue weighted by Gasteiger charge is -2.16. The van der Waals surface area contributed by atoms with Crippen molar-refractivity contribution in [3.63, 3.8) is 0 Å². The Morgan fingerprint density at radius 3 is 2.47 bits per heavy atom. The monoisotopic (exact) mass is 242 g/mol. The number of esters is 1. The molecule has 0 saturated heterocycles. The van der Waals surface area contributed by atoms with Gasteiger partial charge in [-0.05, 0) is 24.6 Å². The molecule has 4 N–H and O–H groups in total. The van der Waals surface area contributed by atoms with E-state index in [1.54, 1.807) is 6.92 Å². The van der Waals surface area contributed by atoms with Crippen LogP contribution in [0.5, 0.6) is 11.5 Å². The van der Waals surface area contributed by atoms with Crippen LogP contribution in [0.3, 0.4) is 0 Å². The van der Waals surface area contributed by atoms with Crippen LogP contribution < -0.4 is 0 Å². The first-order chi connectivity index (χ1) is 7.97. The van der Waals surface area contributed by atoms with Gasteiger partial charge in [-0.3, -0.25) is 0 Å². The Balaban J connectivity index is 2.84. The average molecular weight is 242 g/mol. The smallest absolute Gasteiger partial charge is 0.338 e. The fourth-order valence-electron chi connectivity index (χ4n) is 1.26. The topological polar surface area (TPSA) is 107 Å². The molecule has 0 fully saturated rings. The van der Waals surface area contributed by atoms with Crippen LogP contribution in [0.15, 0.2) is 18.2 Å². The van der Waals surface area contributed by atoms with Gasteiger partial charge in [0.2, 0.25) is 0 Å². The van der Waals surface area contributed by atoms with Crippen molar-refractivity contribution < 1.29 is 30.0 Å². The first-order valence-corrected chi connectivity index (χ1v) is 5.02. The number of aliphatic hydroxyl groups excluding tert-OH is 2. The Bertz CT molecular complexity index is 403. The van der Waals surface area contributed by atoms with E-state index in [0.717, 1.165) is 12.1 Å². The molecule has 0 heterocycles. The van der Waals surface area contributed by atoms with E-state index in [2.05, 4.69) is 4.74 Å². The van der Waals surface area contributed by atoms with Crippen LogP contribution in [0, 0.1) is 0 Å². The zero-order chi connectivity index (χ0) is 13.0. The average Bonchev–Trinajstić information content (AvgIpc) is 2.31. The lowest BCUT2D eigenvalue weighted by Crippen LogP contribution is -2.29. The number of carbonyl (C=O) groups excluding carboxylic acids is 1. The number of aromatic hydroxyl groups is 2. The van der Waals surface area contributed by atoms with E-state index >= 15 is 0 Å². The van der Waals surface area contributed by atoms with Crippen LogP contribution in [0.2, 0.25) is 0 Å². The summed E-state index contributed by atoms with van der Waals surface area (Å²) in [7, 11) is 0. The maximum Gasteiger partial charge on any atom is 0.338 e. The summed E-state index contributed by atoms with van der Waals surface area (Å²) in [5, 5.41) is 37.4. The first kappa shape index (κ1) is 13.3. The largest absolute Gasteiger partial charge is 0.504 e. The fourth-order valence-corrected chi connectivity index (χ4v) is 1.26. The minimum absolute atomic E-state index is 0.0867.